The first-order valence-electron chi connectivity index (χ1n) is 10.3. The van der Waals surface area contributed by atoms with Crippen molar-refractivity contribution in [3.05, 3.63) is 59.7 Å². The van der Waals surface area contributed by atoms with Crippen LogP contribution >= 0.6 is 0 Å². The first kappa shape index (κ1) is 22.0. The number of methoxy groups -OCH3 is 1. The molecule has 0 atom stereocenters. The van der Waals surface area contributed by atoms with E-state index < -0.39 is 10.0 Å². The second-order valence-electron chi connectivity index (χ2n) is 7.65. The maximum absolute atomic E-state index is 12.9. The molecule has 32 heavy (non-hydrogen) atoms. The fourth-order valence-electron chi connectivity index (χ4n) is 3.63. The van der Waals surface area contributed by atoms with Crippen LogP contribution in [0.15, 0.2) is 53.4 Å². The number of nitrogens with zero attached hydrogens (tertiary/aromatic N) is 3. The molecule has 0 spiro atoms. The minimum Gasteiger partial charge on any atom is -0.496 e. The van der Waals surface area contributed by atoms with Crippen LogP contribution in [0.4, 0.5) is 11.5 Å². The lowest BCUT2D eigenvalue weighted by Crippen LogP contribution is -2.36. The van der Waals surface area contributed by atoms with Crippen molar-refractivity contribution < 1.29 is 17.9 Å². The largest absolute Gasteiger partial charge is 0.496 e. The maximum Gasteiger partial charge on any atom is 0.262 e. The second-order valence-corrected chi connectivity index (χ2v) is 9.30. The Balaban J connectivity index is 1.49. The van der Waals surface area contributed by atoms with E-state index in [1.807, 2.05) is 31.2 Å². The van der Waals surface area contributed by atoms with Gasteiger partial charge in [-0.15, -0.1) is 10.2 Å². The van der Waals surface area contributed by atoms with Gasteiger partial charge in [0, 0.05) is 24.3 Å². The number of rotatable bonds is 6. The first-order chi connectivity index (χ1) is 15.4. The molecule has 2 heterocycles. The lowest BCUT2D eigenvalue weighted by atomic mass is 10.1. The minimum atomic E-state index is -3.74. The Labute approximate surface area is 188 Å². The predicted molar refractivity (Wildman–Crippen MR) is 124 cm³/mol. The normalized spacial score (nSPS) is 14.3. The molecule has 1 aliphatic rings. The number of aryl methyl sites for hydroxylation is 2. The predicted octanol–water partition coefficient (Wildman–Crippen LogP) is 3.41. The molecular weight excluding hydrogens is 428 g/mol. The number of ether oxygens (including phenoxy) is 2. The zero-order chi connectivity index (χ0) is 22.7. The highest BCUT2D eigenvalue weighted by atomic mass is 32.2. The number of sulfonamides is 1. The molecule has 1 saturated heterocycles. The van der Waals surface area contributed by atoms with Gasteiger partial charge < -0.3 is 14.4 Å². The SMILES string of the molecule is COc1cc(C)c(S(=O)(=O)Nc2ccc(-c3ccc(N4CCOCC4)nn3)cc2)cc1C. The zero-order valence-electron chi connectivity index (χ0n) is 18.3. The number of hydrogen-bond acceptors (Lipinski definition) is 7. The summed E-state index contributed by atoms with van der Waals surface area (Å²) in [6.07, 6.45) is 0. The Morgan fingerprint density at radius 1 is 0.969 bits per heavy atom. The highest BCUT2D eigenvalue weighted by Gasteiger charge is 2.19. The van der Waals surface area contributed by atoms with Crippen LogP contribution in [0.1, 0.15) is 11.1 Å². The van der Waals surface area contributed by atoms with Crippen LogP contribution in [0.3, 0.4) is 0 Å². The number of aromatic nitrogens is 2. The molecule has 9 heteroatoms. The molecular formula is C23H26N4O4S. The summed E-state index contributed by atoms with van der Waals surface area (Å²) in [6, 6.07) is 14.3. The molecule has 0 bridgehead atoms. The van der Waals surface area contributed by atoms with Gasteiger partial charge in [0.05, 0.1) is 30.9 Å². The molecule has 1 aromatic heterocycles. The van der Waals surface area contributed by atoms with Crippen LogP contribution in [0.5, 0.6) is 5.75 Å². The summed E-state index contributed by atoms with van der Waals surface area (Å²) in [5, 5.41) is 8.66. The molecule has 0 unspecified atom stereocenters. The Kier molecular flexibility index (Phi) is 6.29. The van der Waals surface area contributed by atoms with Gasteiger partial charge in [0.15, 0.2) is 5.82 Å². The van der Waals surface area contributed by atoms with E-state index in [0.717, 1.165) is 35.7 Å². The van der Waals surface area contributed by atoms with E-state index in [4.69, 9.17) is 9.47 Å². The molecule has 1 aliphatic heterocycles. The van der Waals surface area contributed by atoms with Crippen LogP contribution in [0.2, 0.25) is 0 Å². The molecule has 8 nitrogen and oxygen atoms in total. The van der Waals surface area contributed by atoms with Crippen molar-refractivity contribution in [3.8, 4) is 17.0 Å². The zero-order valence-corrected chi connectivity index (χ0v) is 19.1. The van der Waals surface area contributed by atoms with Gasteiger partial charge in [-0.3, -0.25) is 4.72 Å². The van der Waals surface area contributed by atoms with Gasteiger partial charge in [0.2, 0.25) is 0 Å². The van der Waals surface area contributed by atoms with Crippen LogP contribution in [-0.2, 0) is 14.8 Å². The van der Waals surface area contributed by atoms with Crippen molar-refractivity contribution in [3.63, 3.8) is 0 Å². The summed E-state index contributed by atoms with van der Waals surface area (Å²) in [5.41, 5.74) is 3.42. The third kappa shape index (κ3) is 4.68. The standard InChI is InChI=1S/C23H26N4O4S/c1-16-15-22(17(2)14-21(16)30-3)32(28,29)26-19-6-4-18(5-7-19)20-8-9-23(25-24-20)27-10-12-31-13-11-27/h4-9,14-15,26H,10-13H2,1-3H3. The van der Waals surface area contributed by atoms with Gasteiger partial charge >= 0.3 is 0 Å². The second kappa shape index (κ2) is 9.13. The Bertz CT molecular complexity index is 1190. The fraction of sp³-hybridized carbons (Fsp3) is 0.304. The third-order valence-electron chi connectivity index (χ3n) is 5.40. The van der Waals surface area contributed by atoms with Crippen molar-refractivity contribution in [2.45, 2.75) is 18.7 Å². The molecule has 168 valence electrons. The Morgan fingerprint density at radius 2 is 1.69 bits per heavy atom. The van der Waals surface area contributed by atoms with E-state index in [-0.39, 0.29) is 4.90 Å². The van der Waals surface area contributed by atoms with E-state index in [2.05, 4.69) is 19.8 Å². The molecule has 3 aromatic rings. The molecule has 1 N–H and O–H groups in total. The monoisotopic (exact) mass is 454 g/mol. The average Bonchev–Trinajstić information content (AvgIpc) is 2.81. The molecule has 0 amide bonds. The lowest BCUT2D eigenvalue weighted by molar-refractivity contribution is 0.122. The highest BCUT2D eigenvalue weighted by Crippen LogP contribution is 2.28. The molecule has 0 aliphatic carbocycles. The summed E-state index contributed by atoms with van der Waals surface area (Å²) in [4.78, 5) is 2.37. The van der Waals surface area contributed by atoms with Crippen LogP contribution in [0.25, 0.3) is 11.3 Å². The number of morpholine rings is 1. The number of benzene rings is 2. The van der Waals surface area contributed by atoms with Gasteiger partial charge in [-0.2, -0.15) is 0 Å². The molecule has 0 radical (unpaired) electrons. The smallest absolute Gasteiger partial charge is 0.262 e. The lowest BCUT2D eigenvalue weighted by Gasteiger charge is -2.27. The summed E-state index contributed by atoms with van der Waals surface area (Å²) in [7, 11) is -2.17. The van der Waals surface area contributed by atoms with Crippen molar-refractivity contribution in [2.75, 3.05) is 43.0 Å². The fourth-order valence-corrected chi connectivity index (χ4v) is 5.00. The van der Waals surface area contributed by atoms with E-state index in [1.165, 1.54) is 0 Å². The van der Waals surface area contributed by atoms with Gasteiger partial charge in [-0.1, -0.05) is 12.1 Å². The van der Waals surface area contributed by atoms with Crippen molar-refractivity contribution in [1.29, 1.82) is 0 Å². The Morgan fingerprint density at radius 3 is 2.31 bits per heavy atom. The van der Waals surface area contributed by atoms with E-state index in [9.17, 15) is 8.42 Å². The quantitative estimate of drug-likeness (QED) is 0.610. The van der Waals surface area contributed by atoms with Crippen molar-refractivity contribution >= 4 is 21.5 Å². The summed E-state index contributed by atoms with van der Waals surface area (Å²) < 4.78 is 39.1. The van der Waals surface area contributed by atoms with Gasteiger partial charge in [-0.05, 0) is 61.4 Å². The molecule has 4 rings (SSSR count). The van der Waals surface area contributed by atoms with E-state index in [0.29, 0.717) is 30.2 Å². The molecule has 1 fully saturated rings. The van der Waals surface area contributed by atoms with Crippen LogP contribution in [0, 0.1) is 13.8 Å². The van der Waals surface area contributed by atoms with Gasteiger partial charge in [-0.25, -0.2) is 8.42 Å². The number of hydrogen-bond donors (Lipinski definition) is 1. The maximum atomic E-state index is 12.9. The number of nitrogens with one attached hydrogen (secondary N) is 1. The van der Waals surface area contributed by atoms with Crippen molar-refractivity contribution in [1.82, 2.24) is 10.2 Å². The Hall–Kier alpha value is -3.17. The van der Waals surface area contributed by atoms with Gasteiger partial charge in [0.25, 0.3) is 10.0 Å². The summed E-state index contributed by atoms with van der Waals surface area (Å²) in [6.45, 7) is 6.55. The van der Waals surface area contributed by atoms with Crippen LogP contribution in [-0.4, -0.2) is 52.0 Å². The molecule has 0 saturated carbocycles. The van der Waals surface area contributed by atoms with Gasteiger partial charge in [0.1, 0.15) is 5.75 Å². The van der Waals surface area contributed by atoms with E-state index in [1.54, 1.807) is 38.3 Å². The van der Waals surface area contributed by atoms with E-state index >= 15 is 0 Å². The third-order valence-corrected chi connectivity index (χ3v) is 6.92. The highest BCUT2D eigenvalue weighted by molar-refractivity contribution is 7.92. The summed E-state index contributed by atoms with van der Waals surface area (Å²) >= 11 is 0. The average molecular weight is 455 g/mol. The molecule has 2 aromatic carbocycles. The van der Waals surface area contributed by atoms with Crippen LogP contribution < -0.4 is 14.4 Å². The first-order valence-corrected chi connectivity index (χ1v) is 11.8. The van der Waals surface area contributed by atoms with Crippen molar-refractivity contribution in [2.24, 2.45) is 0 Å². The minimum absolute atomic E-state index is 0.226. The topological polar surface area (TPSA) is 93.7 Å². The summed E-state index contributed by atoms with van der Waals surface area (Å²) in [5.74, 6) is 1.48. The number of anilines is 2.